The molecule has 0 aliphatic carbocycles. The maximum atomic E-state index is 12.0. The van der Waals surface area contributed by atoms with E-state index in [2.05, 4.69) is 10.3 Å². The van der Waals surface area contributed by atoms with Gasteiger partial charge in [0.1, 0.15) is 0 Å². The third-order valence-electron chi connectivity index (χ3n) is 3.31. The second-order valence-electron chi connectivity index (χ2n) is 5.13. The Morgan fingerprint density at radius 2 is 1.92 bits per heavy atom. The fourth-order valence-electron chi connectivity index (χ4n) is 2.13. The normalized spacial score (nSPS) is 17.4. The van der Waals surface area contributed by atoms with Crippen LogP contribution in [0, 0.1) is 0 Å². The smallest absolute Gasteiger partial charge is 0.335 e. The molecule has 1 saturated heterocycles. The summed E-state index contributed by atoms with van der Waals surface area (Å²) >= 11 is 1.21. The van der Waals surface area contributed by atoms with Crippen LogP contribution >= 0.6 is 11.8 Å². The van der Waals surface area contributed by atoms with Gasteiger partial charge in [-0.3, -0.25) is 4.79 Å². The number of thioether (sulfide) groups is 1. The van der Waals surface area contributed by atoms with Crippen LogP contribution in [0.2, 0.25) is 0 Å². The van der Waals surface area contributed by atoms with Crippen LogP contribution in [0.3, 0.4) is 0 Å². The lowest BCUT2D eigenvalue weighted by molar-refractivity contribution is -0.115. The standard InChI is InChI=1S/C19H14N2O3S/c22-17-16(11-4-8-13-6-2-1-3-7-13)25-19(21-17)20-15-10-5-9-14(12-15)18(23)24/h1-12H,(H,23,24)(H,20,21,22)/b8-4-,16-11-. The summed E-state index contributed by atoms with van der Waals surface area (Å²) in [5.41, 5.74) is 1.67. The summed E-state index contributed by atoms with van der Waals surface area (Å²) in [5.74, 6) is -1.24. The van der Waals surface area contributed by atoms with Crippen molar-refractivity contribution in [1.82, 2.24) is 5.32 Å². The second kappa shape index (κ2) is 7.63. The molecule has 2 aromatic carbocycles. The zero-order chi connectivity index (χ0) is 17.6. The Kier molecular flexibility index (Phi) is 5.11. The predicted molar refractivity (Wildman–Crippen MR) is 99.8 cm³/mol. The van der Waals surface area contributed by atoms with E-state index < -0.39 is 5.97 Å². The highest BCUT2D eigenvalue weighted by Gasteiger charge is 2.23. The molecule has 1 aliphatic heterocycles. The van der Waals surface area contributed by atoms with Gasteiger partial charge in [-0.1, -0.05) is 48.6 Å². The Balaban J connectivity index is 1.74. The third-order valence-corrected chi connectivity index (χ3v) is 4.24. The first-order valence-electron chi connectivity index (χ1n) is 7.46. The Morgan fingerprint density at radius 1 is 1.12 bits per heavy atom. The van der Waals surface area contributed by atoms with Crippen molar-refractivity contribution in [1.29, 1.82) is 0 Å². The van der Waals surface area contributed by atoms with E-state index in [0.29, 0.717) is 15.8 Å². The molecular formula is C19H14N2O3S. The minimum Gasteiger partial charge on any atom is -0.478 e. The molecule has 6 heteroatoms. The molecule has 0 bridgehead atoms. The zero-order valence-electron chi connectivity index (χ0n) is 13.0. The summed E-state index contributed by atoms with van der Waals surface area (Å²) in [4.78, 5) is 27.8. The first-order valence-corrected chi connectivity index (χ1v) is 8.28. The van der Waals surface area contributed by atoms with Gasteiger partial charge in [-0.15, -0.1) is 0 Å². The lowest BCUT2D eigenvalue weighted by Gasteiger charge is -1.98. The number of rotatable bonds is 4. The Hall–Kier alpha value is -3.12. The first-order chi connectivity index (χ1) is 12.1. The van der Waals surface area contributed by atoms with Crippen molar-refractivity contribution < 1.29 is 14.7 Å². The van der Waals surface area contributed by atoms with Crippen molar-refractivity contribution in [2.24, 2.45) is 4.99 Å². The van der Waals surface area contributed by atoms with Crippen LogP contribution in [0.25, 0.3) is 6.08 Å². The van der Waals surface area contributed by atoms with Gasteiger partial charge < -0.3 is 10.4 Å². The second-order valence-corrected chi connectivity index (χ2v) is 6.16. The highest BCUT2D eigenvalue weighted by molar-refractivity contribution is 8.18. The molecule has 0 unspecified atom stereocenters. The van der Waals surface area contributed by atoms with Gasteiger partial charge >= 0.3 is 5.97 Å². The van der Waals surface area contributed by atoms with E-state index in [1.807, 2.05) is 42.5 Å². The van der Waals surface area contributed by atoms with Crippen LogP contribution in [0.4, 0.5) is 5.69 Å². The number of hydrogen-bond acceptors (Lipinski definition) is 4. The number of carboxylic acids is 1. The minimum atomic E-state index is -1.02. The summed E-state index contributed by atoms with van der Waals surface area (Å²) < 4.78 is 0. The zero-order valence-corrected chi connectivity index (χ0v) is 13.9. The van der Waals surface area contributed by atoms with Crippen molar-refractivity contribution in [2.75, 3.05) is 0 Å². The molecule has 25 heavy (non-hydrogen) atoms. The van der Waals surface area contributed by atoms with Gasteiger partial charge in [-0.2, -0.15) is 0 Å². The number of nitrogens with zero attached hydrogens (tertiary/aromatic N) is 1. The molecule has 0 saturated carbocycles. The summed E-state index contributed by atoms with van der Waals surface area (Å²) in [7, 11) is 0. The molecule has 0 atom stereocenters. The number of carbonyl (C=O) groups excluding carboxylic acids is 1. The van der Waals surface area contributed by atoms with Gasteiger partial charge in [-0.25, -0.2) is 9.79 Å². The number of aromatic carboxylic acids is 1. The van der Waals surface area contributed by atoms with Crippen molar-refractivity contribution in [3.05, 3.63) is 82.8 Å². The third kappa shape index (κ3) is 4.45. The number of nitrogens with one attached hydrogen (secondary N) is 1. The first kappa shape index (κ1) is 16.7. The topological polar surface area (TPSA) is 78.8 Å². The van der Waals surface area contributed by atoms with E-state index in [9.17, 15) is 9.59 Å². The van der Waals surface area contributed by atoms with Crippen molar-refractivity contribution in [3.8, 4) is 0 Å². The highest BCUT2D eigenvalue weighted by atomic mass is 32.2. The van der Waals surface area contributed by atoms with E-state index in [1.165, 1.54) is 23.9 Å². The van der Waals surface area contributed by atoms with Gasteiger partial charge in [-0.05, 0) is 41.6 Å². The van der Waals surface area contributed by atoms with Gasteiger partial charge in [0, 0.05) is 0 Å². The van der Waals surface area contributed by atoms with E-state index in [4.69, 9.17) is 5.11 Å². The van der Waals surface area contributed by atoms with E-state index >= 15 is 0 Å². The van der Waals surface area contributed by atoms with Gasteiger partial charge in [0.2, 0.25) is 0 Å². The molecule has 1 heterocycles. The number of hydrogen-bond donors (Lipinski definition) is 2. The van der Waals surface area contributed by atoms with E-state index in [0.717, 1.165) is 5.56 Å². The summed E-state index contributed by atoms with van der Waals surface area (Å²) in [6.07, 6.45) is 5.45. The lowest BCUT2D eigenvalue weighted by atomic mass is 10.2. The molecule has 0 aromatic heterocycles. The number of aliphatic imine (C=N–C) groups is 1. The molecule has 0 spiro atoms. The van der Waals surface area contributed by atoms with Gasteiger partial charge in [0.15, 0.2) is 5.17 Å². The number of carbonyl (C=O) groups is 2. The molecule has 2 aromatic rings. The molecule has 1 fully saturated rings. The summed E-state index contributed by atoms with van der Waals surface area (Å²) in [5, 5.41) is 12.1. The highest BCUT2D eigenvalue weighted by Crippen LogP contribution is 2.26. The Morgan fingerprint density at radius 3 is 2.68 bits per heavy atom. The maximum absolute atomic E-state index is 12.0. The van der Waals surface area contributed by atoms with E-state index in [-0.39, 0.29) is 11.5 Å². The quantitative estimate of drug-likeness (QED) is 0.822. The van der Waals surface area contributed by atoms with Crippen LogP contribution < -0.4 is 5.32 Å². The van der Waals surface area contributed by atoms with Crippen LogP contribution in [0.15, 0.2) is 76.6 Å². The number of carboxylic acid groups (broad SMARTS) is 1. The maximum Gasteiger partial charge on any atom is 0.335 e. The van der Waals surface area contributed by atoms with E-state index in [1.54, 1.807) is 18.2 Å². The van der Waals surface area contributed by atoms with Crippen LogP contribution in [-0.2, 0) is 4.79 Å². The van der Waals surface area contributed by atoms with Crippen molar-refractivity contribution >= 4 is 40.6 Å². The monoisotopic (exact) mass is 350 g/mol. The number of amidine groups is 1. The molecule has 0 radical (unpaired) electrons. The molecule has 1 amide bonds. The number of amides is 1. The number of benzene rings is 2. The average Bonchev–Trinajstić information content (AvgIpc) is 2.95. The fraction of sp³-hybridized carbons (Fsp3) is 0. The molecule has 2 N–H and O–H groups in total. The minimum absolute atomic E-state index is 0.151. The van der Waals surface area contributed by atoms with Crippen molar-refractivity contribution in [2.45, 2.75) is 0 Å². The SMILES string of the molecule is O=C1NC(=Nc2cccc(C(=O)O)c2)S/C1=C\C=C/c1ccccc1. The van der Waals surface area contributed by atoms with Gasteiger partial charge in [0.05, 0.1) is 16.2 Å². The summed E-state index contributed by atoms with van der Waals surface area (Å²) in [6, 6.07) is 16.0. The van der Waals surface area contributed by atoms with Crippen LogP contribution in [-0.4, -0.2) is 22.2 Å². The fourth-order valence-corrected chi connectivity index (χ4v) is 2.93. The van der Waals surface area contributed by atoms with Crippen LogP contribution in [0.5, 0.6) is 0 Å². The Labute approximate surface area is 148 Å². The van der Waals surface area contributed by atoms with Crippen molar-refractivity contribution in [3.63, 3.8) is 0 Å². The molecule has 124 valence electrons. The molecule has 1 aliphatic rings. The number of allylic oxidation sites excluding steroid dienone is 2. The van der Waals surface area contributed by atoms with Gasteiger partial charge in [0.25, 0.3) is 5.91 Å². The molecule has 5 nitrogen and oxygen atoms in total. The van der Waals surface area contributed by atoms with Crippen LogP contribution in [0.1, 0.15) is 15.9 Å². The molecular weight excluding hydrogens is 336 g/mol. The summed E-state index contributed by atoms with van der Waals surface area (Å²) in [6.45, 7) is 0. The lowest BCUT2D eigenvalue weighted by Crippen LogP contribution is -2.19. The predicted octanol–water partition coefficient (Wildman–Crippen LogP) is 3.83. The average molecular weight is 350 g/mol. The Bertz CT molecular complexity index is 902. The molecule has 3 rings (SSSR count). The largest absolute Gasteiger partial charge is 0.478 e.